The molecule has 4 nitrogen and oxygen atoms in total. The van der Waals surface area contributed by atoms with E-state index < -0.39 is 0 Å². The zero-order valence-electron chi connectivity index (χ0n) is 11.9. The monoisotopic (exact) mass is 298 g/mol. The minimum absolute atomic E-state index is 0.210. The first kappa shape index (κ1) is 13.1. The van der Waals surface area contributed by atoms with Crippen LogP contribution in [0, 0.1) is 11.7 Å². The largest absolute Gasteiger partial charge is 0.463 e. The van der Waals surface area contributed by atoms with Crippen molar-refractivity contribution in [1.29, 1.82) is 0 Å². The number of hydrogen-bond donors (Lipinski definition) is 1. The van der Waals surface area contributed by atoms with Crippen LogP contribution in [0.4, 0.5) is 10.1 Å². The second-order valence-corrected chi connectivity index (χ2v) is 5.71. The number of hydrogen-bond acceptors (Lipinski definition) is 2. The Morgan fingerprint density at radius 3 is 2.77 bits per heavy atom. The zero-order chi connectivity index (χ0) is 15.1. The lowest BCUT2D eigenvalue weighted by atomic mass is 10.3. The molecule has 5 heteroatoms. The summed E-state index contributed by atoms with van der Waals surface area (Å²) in [4.78, 5) is 12.5. The normalized spacial score (nSPS) is 14.4. The van der Waals surface area contributed by atoms with Crippen LogP contribution in [-0.4, -0.2) is 10.5 Å². The fourth-order valence-electron chi connectivity index (χ4n) is 2.65. The summed E-state index contributed by atoms with van der Waals surface area (Å²) < 4.78 is 20.3. The Morgan fingerprint density at radius 2 is 2.05 bits per heavy atom. The van der Waals surface area contributed by atoms with Crippen molar-refractivity contribution in [3.63, 3.8) is 0 Å². The third-order valence-corrected chi connectivity index (χ3v) is 4.00. The molecule has 1 saturated carbocycles. The van der Waals surface area contributed by atoms with Crippen LogP contribution in [-0.2, 0) is 6.54 Å². The molecule has 0 saturated heterocycles. The molecule has 0 aliphatic heterocycles. The topological polar surface area (TPSA) is 47.2 Å². The second-order valence-electron chi connectivity index (χ2n) is 5.71. The van der Waals surface area contributed by atoms with Crippen LogP contribution in [0.1, 0.15) is 23.3 Å². The highest BCUT2D eigenvalue weighted by Crippen LogP contribution is 2.33. The molecule has 0 spiro atoms. The molecule has 1 aliphatic carbocycles. The quantitative estimate of drug-likeness (QED) is 0.790. The first-order chi connectivity index (χ1) is 10.7. The number of nitrogens with one attached hydrogen (secondary N) is 1. The lowest BCUT2D eigenvalue weighted by Crippen LogP contribution is -2.17. The van der Waals surface area contributed by atoms with Gasteiger partial charge in [0, 0.05) is 24.4 Å². The number of fused-ring (bicyclic) bond motifs is 1. The van der Waals surface area contributed by atoms with Gasteiger partial charge in [0.2, 0.25) is 0 Å². The van der Waals surface area contributed by atoms with E-state index in [-0.39, 0.29) is 11.7 Å². The standard InChI is InChI=1S/C17H15FN2O2/c18-12-3-5-13(6-4-12)19-17(21)15-9-16-14(7-8-22-16)20(15)10-11-1-2-11/h3-9,11H,1-2,10H2,(H,19,21). The van der Waals surface area contributed by atoms with Gasteiger partial charge < -0.3 is 14.3 Å². The van der Waals surface area contributed by atoms with Crippen molar-refractivity contribution in [3.05, 3.63) is 54.2 Å². The molecule has 0 unspecified atom stereocenters. The van der Waals surface area contributed by atoms with Crippen LogP contribution in [0.15, 0.2) is 47.1 Å². The Morgan fingerprint density at radius 1 is 1.27 bits per heavy atom. The molecule has 0 radical (unpaired) electrons. The smallest absolute Gasteiger partial charge is 0.272 e. The van der Waals surface area contributed by atoms with Gasteiger partial charge in [-0.15, -0.1) is 0 Å². The van der Waals surface area contributed by atoms with Crippen LogP contribution in [0.3, 0.4) is 0 Å². The highest BCUT2D eigenvalue weighted by atomic mass is 19.1. The molecule has 1 aliphatic rings. The SMILES string of the molecule is O=C(Nc1ccc(F)cc1)c1cc2occc2n1CC1CC1. The van der Waals surface area contributed by atoms with E-state index in [4.69, 9.17) is 4.42 Å². The lowest BCUT2D eigenvalue weighted by Gasteiger charge is -2.10. The van der Waals surface area contributed by atoms with Crippen molar-refractivity contribution in [2.75, 3.05) is 5.32 Å². The molecule has 1 N–H and O–H groups in total. The number of halogens is 1. The molecule has 1 fully saturated rings. The van der Waals surface area contributed by atoms with Gasteiger partial charge >= 0.3 is 0 Å². The summed E-state index contributed by atoms with van der Waals surface area (Å²) in [6.45, 7) is 0.829. The van der Waals surface area contributed by atoms with Crippen LogP contribution < -0.4 is 5.32 Å². The van der Waals surface area contributed by atoms with Gasteiger partial charge in [0.25, 0.3) is 5.91 Å². The third-order valence-electron chi connectivity index (χ3n) is 4.00. The predicted octanol–water partition coefficient (Wildman–Crippen LogP) is 4.04. The number of benzene rings is 1. The average molecular weight is 298 g/mol. The molecule has 112 valence electrons. The molecule has 2 heterocycles. The van der Waals surface area contributed by atoms with Crippen LogP contribution in [0.5, 0.6) is 0 Å². The van der Waals surface area contributed by atoms with Crippen molar-refractivity contribution in [2.24, 2.45) is 5.92 Å². The summed E-state index contributed by atoms with van der Waals surface area (Å²) in [5, 5.41) is 2.80. The summed E-state index contributed by atoms with van der Waals surface area (Å²) in [6, 6.07) is 9.38. The Bertz CT molecular complexity index is 828. The summed E-state index contributed by atoms with van der Waals surface area (Å²) in [7, 11) is 0. The zero-order valence-corrected chi connectivity index (χ0v) is 11.9. The maximum atomic E-state index is 12.9. The third kappa shape index (κ3) is 2.39. The van der Waals surface area contributed by atoms with Crippen LogP contribution in [0.25, 0.3) is 11.1 Å². The Balaban J connectivity index is 1.65. The van der Waals surface area contributed by atoms with Gasteiger partial charge in [-0.25, -0.2) is 4.39 Å². The summed E-state index contributed by atoms with van der Waals surface area (Å²) >= 11 is 0. The molecular weight excluding hydrogens is 283 g/mol. The molecule has 1 aromatic carbocycles. The number of nitrogens with zero attached hydrogens (tertiary/aromatic N) is 1. The van der Waals surface area contributed by atoms with Gasteiger partial charge in [-0.2, -0.15) is 0 Å². The van der Waals surface area contributed by atoms with E-state index in [1.807, 2.05) is 10.6 Å². The fourth-order valence-corrected chi connectivity index (χ4v) is 2.65. The minimum atomic E-state index is -0.326. The van der Waals surface area contributed by atoms with E-state index in [2.05, 4.69) is 5.32 Å². The van der Waals surface area contributed by atoms with E-state index >= 15 is 0 Å². The van der Waals surface area contributed by atoms with Crippen molar-refractivity contribution >= 4 is 22.7 Å². The predicted molar refractivity (Wildman–Crippen MR) is 81.3 cm³/mol. The van der Waals surface area contributed by atoms with E-state index in [1.54, 1.807) is 24.5 Å². The molecular formula is C17H15FN2O2. The minimum Gasteiger partial charge on any atom is -0.463 e. The molecule has 22 heavy (non-hydrogen) atoms. The number of aromatic nitrogens is 1. The van der Waals surface area contributed by atoms with Gasteiger partial charge in [-0.05, 0) is 43.0 Å². The summed E-state index contributed by atoms with van der Waals surface area (Å²) in [5.41, 5.74) is 2.80. The van der Waals surface area contributed by atoms with Crippen molar-refractivity contribution in [1.82, 2.24) is 4.57 Å². The molecule has 4 rings (SSSR count). The molecule has 1 amide bonds. The highest BCUT2D eigenvalue weighted by Gasteiger charge is 2.26. The van der Waals surface area contributed by atoms with Gasteiger partial charge in [-0.3, -0.25) is 4.79 Å². The average Bonchev–Trinajstić information content (AvgIpc) is 3.09. The first-order valence-corrected chi connectivity index (χ1v) is 7.34. The number of furan rings is 1. The van der Waals surface area contributed by atoms with Crippen molar-refractivity contribution in [2.45, 2.75) is 19.4 Å². The number of amides is 1. The van der Waals surface area contributed by atoms with Gasteiger partial charge in [0.05, 0.1) is 11.8 Å². The lowest BCUT2D eigenvalue weighted by molar-refractivity contribution is 0.101. The van der Waals surface area contributed by atoms with Crippen LogP contribution in [0.2, 0.25) is 0 Å². The maximum absolute atomic E-state index is 12.9. The first-order valence-electron chi connectivity index (χ1n) is 7.34. The number of carbonyl (C=O) groups excluding carboxylic acids is 1. The fraction of sp³-hybridized carbons (Fsp3) is 0.235. The van der Waals surface area contributed by atoms with Gasteiger partial charge in [0.1, 0.15) is 11.5 Å². The van der Waals surface area contributed by atoms with E-state index in [9.17, 15) is 9.18 Å². The Kier molecular flexibility index (Phi) is 2.99. The summed E-state index contributed by atoms with van der Waals surface area (Å²) in [6.07, 6.45) is 4.04. The second kappa shape index (κ2) is 5.02. The molecule has 0 atom stereocenters. The highest BCUT2D eigenvalue weighted by molar-refractivity contribution is 6.05. The molecule has 3 aromatic rings. The van der Waals surface area contributed by atoms with E-state index in [1.165, 1.54) is 25.0 Å². The number of carbonyl (C=O) groups is 1. The molecule has 0 bridgehead atoms. The Hall–Kier alpha value is -2.56. The Labute approximate surface area is 126 Å². The van der Waals surface area contributed by atoms with Crippen molar-refractivity contribution in [3.8, 4) is 0 Å². The van der Waals surface area contributed by atoms with E-state index in [0.29, 0.717) is 22.9 Å². The van der Waals surface area contributed by atoms with Crippen molar-refractivity contribution < 1.29 is 13.6 Å². The molecule has 2 aromatic heterocycles. The van der Waals surface area contributed by atoms with Gasteiger partial charge in [-0.1, -0.05) is 0 Å². The number of anilines is 1. The van der Waals surface area contributed by atoms with Crippen LogP contribution >= 0.6 is 0 Å². The van der Waals surface area contributed by atoms with E-state index in [0.717, 1.165) is 12.1 Å². The number of rotatable bonds is 4. The summed E-state index contributed by atoms with van der Waals surface area (Å²) in [5.74, 6) is 0.106. The maximum Gasteiger partial charge on any atom is 0.272 e. The van der Waals surface area contributed by atoms with Gasteiger partial charge in [0.15, 0.2) is 5.58 Å².